The second kappa shape index (κ2) is 7.43. The van der Waals surface area contributed by atoms with Gasteiger partial charge >= 0.3 is 0 Å². The molecular weight excluding hydrogens is 376 g/mol. The standard InChI is InChI=1S/C19H16N6O4/c1-29-14-4-2-13(3-5-14)24-7-6-12(23-24)10-20-17-9-16-15(8-18(17)25(27)28)19(26)22-11-21-16/h2-9,11,20H,10H2,1H3,(H,21,22,26). The number of nitrogens with zero attached hydrogens (tertiary/aromatic N) is 4. The second-order valence-electron chi connectivity index (χ2n) is 6.18. The van der Waals surface area contributed by atoms with Crippen LogP contribution in [-0.2, 0) is 6.54 Å². The van der Waals surface area contributed by atoms with E-state index in [-0.39, 0.29) is 23.3 Å². The van der Waals surface area contributed by atoms with Crippen molar-refractivity contribution in [1.82, 2.24) is 19.7 Å². The summed E-state index contributed by atoms with van der Waals surface area (Å²) in [6.45, 7) is 0.263. The molecule has 0 saturated heterocycles. The Morgan fingerprint density at radius 3 is 2.76 bits per heavy atom. The molecule has 29 heavy (non-hydrogen) atoms. The summed E-state index contributed by atoms with van der Waals surface area (Å²) in [7, 11) is 1.60. The van der Waals surface area contributed by atoms with Crippen molar-refractivity contribution in [2.45, 2.75) is 6.54 Å². The molecular formula is C19H16N6O4. The van der Waals surface area contributed by atoms with Crippen LogP contribution in [0.3, 0.4) is 0 Å². The Bertz CT molecular complexity index is 1250. The smallest absolute Gasteiger partial charge is 0.293 e. The molecule has 4 rings (SSSR count). The first-order chi connectivity index (χ1) is 14.0. The van der Waals surface area contributed by atoms with E-state index in [1.165, 1.54) is 18.5 Å². The summed E-state index contributed by atoms with van der Waals surface area (Å²) in [5.74, 6) is 0.749. The molecule has 10 nitrogen and oxygen atoms in total. The Hall–Kier alpha value is -4.21. The lowest BCUT2D eigenvalue weighted by Gasteiger charge is -2.07. The highest BCUT2D eigenvalue weighted by atomic mass is 16.6. The monoisotopic (exact) mass is 392 g/mol. The van der Waals surface area contributed by atoms with Crippen molar-refractivity contribution in [3.63, 3.8) is 0 Å². The highest BCUT2D eigenvalue weighted by molar-refractivity contribution is 5.86. The summed E-state index contributed by atoms with van der Waals surface area (Å²) in [4.78, 5) is 29.2. The van der Waals surface area contributed by atoms with Gasteiger partial charge in [0.2, 0.25) is 0 Å². The maximum Gasteiger partial charge on any atom is 0.293 e. The SMILES string of the molecule is COc1ccc(-n2ccc(CNc3cc4nc[nH]c(=O)c4cc3[N+](=O)[O-])n2)cc1. The molecule has 0 saturated carbocycles. The van der Waals surface area contributed by atoms with Crippen molar-refractivity contribution < 1.29 is 9.66 Å². The normalized spacial score (nSPS) is 10.8. The molecule has 0 radical (unpaired) electrons. The molecule has 0 aliphatic carbocycles. The number of H-pyrrole nitrogens is 1. The number of hydrogen-bond acceptors (Lipinski definition) is 7. The third-order valence-corrected chi connectivity index (χ3v) is 4.40. The Kier molecular flexibility index (Phi) is 4.65. The van der Waals surface area contributed by atoms with Gasteiger partial charge in [-0.15, -0.1) is 0 Å². The van der Waals surface area contributed by atoms with E-state index in [2.05, 4.69) is 20.4 Å². The van der Waals surface area contributed by atoms with Crippen LogP contribution in [0.5, 0.6) is 5.75 Å². The van der Waals surface area contributed by atoms with Crippen LogP contribution < -0.4 is 15.6 Å². The van der Waals surface area contributed by atoms with Crippen molar-refractivity contribution in [2.24, 2.45) is 0 Å². The van der Waals surface area contributed by atoms with E-state index in [9.17, 15) is 14.9 Å². The lowest BCUT2D eigenvalue weighted by molar-refractivity contribution is -0.383. The molecule has 0 unspecified atom stereocenters. The average Bonchev–Trinajstić information content (AvgIpc) is 3.21. The van der Waals surface area contributed by atoms with Crippen LogP contribution in [0, 0.1) is 10.1 Å². The molecule has 0 aliphatic rings. The molecule has 0 fully saturated rings. The van der Waals surface area contributed by atoms with E-state index in [0.29, 0.717) is 11.2 Å². The van der Waals surface area contributed by atoms with E-state index in [1.807, 2.05) is 30.3 Å². The third-order valence-electron chi connectivity index (χ3n) is 4.40. The molecule has 0 amide bonds. The van der Waals surface area contributed by atoms with Gasteiger partial charge in [-0.1, -0.05) is 0 Å². The van der Waals surface area contributed by atoms with Gasteiger partial charge in [-0.2, -0.15) is 5.10 Å². The minimum Gasteiger partial charge on any atom is -0.497 e. The third kappa shape index (κ3) is 3.63. The molecule has 0 atom stereocenters. The molecule has 2 N–H and O–H groups in total. The van der Waals surface area contributed by atoms with Crippen molar-refractivity contribution in [2.75, 3.05) is 12.4 Å². The maximum atomic E-state index is 11.9. The number of rotatable bonds is 6. The number of hydrogen-bond donors (Lipinski definition) is 2. The number of methoxy groups -OCH3 is 1. The van der Waals surface area contributed by atoms with Gasteiger partial charge in [0.25, 0.3) is 11.2 Å². The Labute approximate surface area is 163 Å². The van der Waals surface area contributed by atoms with Crippen molar-refractivity contribution in [3.8, 4) is 11.4 Å². The summed E-state index contributed by atoms with van der Waals surface area (Å²) >= 11 is 0. The highest BCUT2D eigenvalue weighted by Crippen LogP contribution is 2.28. The van der Waals surface area contributed by atoms with Crippen LogP contribution >= 0.6 is 0 Å². The van der Waals surface area contributed by atoms with Gasteiger partial charge < -0.3 is 15.0 Å². The van der Waals surface area contributed by atoms with Crippen LogP contribution in [0.15, 0.2) is 59.8 Å². The summed E-state index contributed by atoms with van der Waals surface area (Å²) in [5.41, 5.74) is 1.55. The quantitative estimate of drug-likeness (QED) is 0.381. The van der Waals surface area contributed by atoms with Crippen LogP contribution in [0.1, 0.15) is 5.69 Å². The van der Waals surface area contributed by atoms with Crippen LogP contribution in [0.25, 0.3) is 16.6 Å². The number of ether oxygens (including phenoxy) is 1. The molecule has 0 spiro atoms. The number of aromatic nitrogens is 4. The maximum absolute atomic E-state index is 11.9. The molecule has 2 aromatic heterocycles. The lowest BCUT2D eigenvalue weighted by atomic mass is 10.2. The fourth-order valence-corrected chi connectivity index (χ4v) is 2.92. The zero-order valence-corrected chi connectivity index (χ0v) is 15.3. The summed E-state index contributed by atoms with van der Waals surface area (Å²) in [6.07, 6.45) is 3.06. The molecule has 2 heterocycles. The fraction of sp³-hybridized carbons (Fsp3) is 0.105. The number of benzene rings is 2. The van der Waals surface area contributed by atoms with Crippen molar-refractivity contribution in [3.05, 3.63) is 81.2 Å². The molecule has 4 aromatic rings. The minimum atomic E-state index is -0.538. The van der Waals surface area contributed by atoms with Crippen LogP contribution in [0.2, 0.25) is 0 Å². The number of aromatic amines is 1. The van der Waals surface area contributed by atoms with Gasteiger partial charge in [-0.05, 0) is 36.4 Å². The van der Waals surface area contributed by atoms with Gasteiger partial charge in [0.1, 0.15) is 11.4 Å². The second-order valence-corrected chi connectivity index (χ2v) is 6.18. The first kappa shape index (κ1) is 18.2. The van der Waals surface area contributed by atoms with E-state index in [4.69, 9.17) is 4.74 Å². The number of nitrogens with one attached hydrogen (secondary N) is 2. The number of nitro benzene ring substituents is 1. The summed E-state index contributed by atoms with van der Waals surface area (Å²) < 4.78 is 6.85. The summed E-state index contributed by atoms with van der Waals surface area (Å²) in [6, 6.07) is 11.9. The molecule has 0 bridgehead atoms. The highest BCUT2D eigenvalue weighted by Gasteiger charge is 2.17. The Balaban J connectivity index is 1.58. The Morgan fingerprint density at radius 1 is 1.24 bits per heavy atom. The van der Waals surface area contributed by atoms with E-state index in [0.717, 1.165) is 11.4 Å². The van der Waals surface area contributed by atoms with Gasteiger partial charge in [-0.25, -0.2) is 9.67 Å². The van der Waals surface area contributed by atoms with E-state index < -0.39 is 10.5 Å². The minimum absolute atomic E-state index is 0.161. The zero-order chi connectivity index (χ0) is 20.4. The Morgan fingerprint density at radius 2 is 2.03 bits per heavy atom. The average molecular weight is 392 g/mol. The molecule has 2 aromatic carbocycles. The van der Waals surface area contributed by atoms with Gasteiger partial charge in [0.05, 0.1) is 47.2 Å². The van der Waals surface area contributed by atoms with Gasteiger partial charge in [0, 0.05) is 12.3 Å². The fourth-order valence-electron chi connectivity index (χ4n) is 2.92. The zero-order valence-electron chi connectivity index (χ0n) is 15.3. The number of anilines is 1. The molecule has 10 heteroatoms. The van der Waals surface area contributed by atoms with Crippen LogP contribution in [0.4, 0.5) is 11.4 Å². The first-order valence-corrected chi connectivity index (χ1v) is 8.64. The first-order valence-electron chi connectivity index (χ1n) is 8.64. The van der Waals surface area contributed by atoms with Crippen LogP contribution in [-0.4, -0.2) is 31.8 Å². The number of fused-ring (bicyclic) bond motifs is 1. The topological polar surface area (TPSA) is 128 Å². The van der Waals surface area contributed by atoms with Crippen molar-refractivity contribution >= 4 is 22.3 Å². The predicted molar refractivity (Wildman–Crippen MR) is 106 cm³/mol. The van der Waals surface area contributed by atoms with Crippen molar-refractivity contribution in [1.29, 1.82) is 0 Å². The molecule has 0 aliphatic heterocycles. The van der Waals surface area contributed by atoms with Gasteiger partial charge in [-0.3, -0.25) is 14.9 Å². The van der Waals surface area contributed by atoms with Gasteiger partial charge in [0.15, 0.2) is 0 Å². The predicted octanol–water partition coefficient (Wildman–Crippen LogP) is 2.64. The number of nitro groups is 1. The summed E-state index contributed by atoms with van der Waals surface area (Å²) in [5, 5.41) is 19.1. The molecule has 146 valence electrons. The lowest BCUT2D eigenvalue weighted by Crippen LogP contribution is -2.09. The largest absolute Gasteiger partial charge is 0.497 e. The van der Waals surface area contributed by atoms with E-state index >= 15 is 0 Å². The van der Waals surface area contributed by atoms with E-state index in [1.54, 1.807) is 18.0 Å².